The van der Waals surface area contributed by atoms with Crippen molar-refractivity contribution in [2.45, 2.75) is 150 Å². The summed E-state index contributed by atoms with van der Waals surface area (Å²) >= 11 is 0. The number of unbranched alkanes of at least 4 members (excludes halogenated alkanes) is 14. The molecule has 2 N–H and O–H groups in total. The van der Waals surface area contributed by atoms with E-state index in [9.17, 15) is 10.2 Å². The molecule has 2 aromatic carbocycles. The van der Waals surface area contributed by atoms with Gasteiger partial charge in [-0.05, 0) is 61.8 Å². The van der Waals surface area contributed by atoms with Crippen molar-refractivity contribution in [3.63, 3.8) is 0 Å². The predicted molar refractivity (Wildman–Crippen MR) is 161 cm³/mol. The van der Waals surface area contributed by atoms with Gasteiger partial charge in [-0.25, -0.2) is 0 Å². The summed E-state index contributed by atoms with van der Waals surface area (Å²) in [6.45, 7) is 8.76. The fourth-order valence-corrected chi connectivity index (χ4v) is 5.62. The molecule has 0 saturated heterocycles. The predicted octanol–water partition coefficient (Wildman–Crippen LogP) is 10.7. The van der Waals surface area contributed by atoms with Crippen LogP contribution < -0.4 is 0 Å². The minimum Gasteiger partial charge on any atom is -0.507 e. The normalized spacial score (nSPS) is 11.4. The lowest BCUT2D eigenvalue weighted by Gasteiger charge is -2.15. The van der Waals surface area contributed by atoms with Gasteiger partial charge >= 0.3 is 0 Å². The van der Waals surface area contributed by atoms with Gasteiger partial charge in [-0.15, -0.1) is 0 Å². The first-order chi connectivity index (χ1) is 18.0. The van der Waals surface area contributed by atoms with Gasteiger partial charge < -0.3 is 10.2 Å². The monoisotopic (exact) mass is 508 g/mol. The van der Waals surface area contributed by atoms with E-state index in [4.69, 9.17) is 0 Å². The first kappa shape index (κ1) is 31.3. The second-order valence-electron chi connectivity index (χ2n) is 11.5. The van der Waals surface area contributed by atoms with Crippen LogP contribution >= 0.6 is 0 Å². The molecule has 0 amide bonds. The SMILES string of the molecule is CCCCCCCCCCc1cc(C)cc(Cc2cc(C)cc(CCCCCCCCCC)c2O)c1O. The van der Waals surface area contributed by atoms with Crippen molar-refractivity contribution >= 4 is 0 Å². The van der Waals surface area contributed by atoms with Crippen LogP contribution in [0.15, 0.2) is 24.3 Å². The Morgan fingerprint density at radius 3 is 1.08 bits per heavy atom. The second-order valence-corrected chi connectivity index (χ2v) is 11.5. The van der Waals surface area contributed by atoms with Crippen molar-refractivity contribution < 1.29 is 10.2 Å². The lowest BCUT2D eigenvalue weighted by molar-refractivity contribution is 0.453. The van der Waals surface area contributed by atoms with E-state index >= 15 is 0 Å². The number of rotatable bonds is 20. The number of aromatic hydroxyl groups is 2. The zero-order valence-electron chi connectivity index (χ0n) is 24.6. The molecule has 0 aliphatic carbocycles. The van der Waals surface area contributed by atoms with E-state index in [-0.39, 0.29) is 0 Å². The van der Waals surface area contributed by atoms with Gasteiger partial charge in [0.1, 0.15) is 11.5 Å². The molecule has 0 bridgehead atoms. The Balaban J connectivity index is 1.92. The molecule has 0 fully saturated rings. The molecule has 2 heteroatoms. The van der Waals surface area contributed by atoms with Gasteiger partial charge in [0.2, 0.25) is 0 Å². The van der Waals surface area contributed by atoms with Gasteiger partial charge in [-0.2, -0.15) is 0 Å². The Morgan fingerprint density at radius 1 is 0.432 bits per heavy atom. The number of hydrogen-bond donors (Lipinski definition) is 2. The third kappa shape index (κ3) is 12.0. The summed E-state index contributed by atoms with van der Waals surface area (Å²) in [6.07, 6.45) is 23.2. The van der Waals surface area contributed by atoms with Crippen LogP contribution in [0.1, 0.15) is 150 Å². The number of phenols is 2. The molecule has 0 aliphatic heterocycles. The van der Waals surface area contributed by atoms with E-state index in [2.05, 4.69) is 52.0 Å². The molecule has 37 heavy (non-hydrogen) atoms. The van der Waals surface area contributed by atoms with Crippen molar-refractivity contribution in [3.05, 3.63) is 57.6 Å². The van der Waals surface area contributed by atoms with Crippen molar-refractivity contribution in [1.82, 2.24) is 0 Å². The molecule has 0 atom stereocenters. The Labute approximate surface area is 228 Å². The van der Waals surface area contributed by atoms with Crippen molar-refractivity contribution in [3.8, 4) is 11.5 Å². The fourth-order valence-electron chi connectivity index (χ4n) is 5.62. The molecule has 2 nitrogen and oxygen atoms in total. The molecule has 0 unspecified atom stereocenters. The summed E-state index contributed by atoms with van der Waals surface area (Å²) in [5.41, 5.74) is 6.38. The molecular weight excluding hydrogens is 452 g/mol. The topological polar surface area (TPSA) is 40.5 Å². The average molecular weight is 509 g/mol. The van der Waals surface area contributed by atoms with Gasteiger partial charge in [0.05, 0.1) is 0 Å². The first-order valence-corrected chi connectivity index (χ1v) is 15.6. The molecular formula is C35H56O2. The maximum Gasteiger partial charge on any atom is 0.122 e. The number of phenolic OH excluding ortho intramolecular Hbond substituents is 2. The van der Waals surface area contributed by atoms with Crippen LogP contribution in [0.2, 0.25) is 0 Å². The zero-order chi connectivity index (χ0) is 26.9. The summed E-state index contributed by atoms with van der Waals surface area (Å²) < 4.78 is 0. The molecule has 208 valence electrons. The Hall–Kier alpha value is -1.96. The van der Waals surface area contributed by atoms with E-state index in [1.165, 1.54) is 101 Å². The van der Waals surface area contributed by atoms with Crippen LogP contribution in [0.5, 0.6) is 11.5 Å². The van der Waals surface area contributed by atoms with Crippen molar-refractivity contribution in [2.24, 2.45) is 0 Å². The summed E-state index contributed by atoms with van der Waals surface area (Å²) in [6, 6.07) is 8.47. The van der Waals surface area contributed by atoms with Gasteiger partial charge in [-0.3, -0.25) is 0 Å². The number of benzene rings is 2. The zero-order valence-corrected chi connectivity index (χ0v) is 24.6. The smallest absolute Gasteiger partial charge is 0.122 e. The van der Waals surface area contributed by atoms with Crippen molar-refractivity contribution in [2.75, 3.05) is 0 Å². The third-order valence-corrected chi connectivity index (χ3v) is 7.80. The highest BCUT2D eigenvalue weighted by atomic mass is 16.3. The first-order valence-electron chi connectivity index (χ1n) is 15.6. The van der Waals surface area contributed by atoms with E-state index in [1.807, 2.05) is 0 Å². The highest BCUT2D eigenvalue weighted by Gasteiger charge is 2.14. The van der Waals surface area contributed by atoms with Crippen molar-refractivity contribution in [1.29, 1.82) is 0 Å². The molecule has 0 radical (unpaired) electrons. The summed E-state index contributed by atoms with van der Waals surface area (Å²) in [5.74, 6) is 0.859. The number of hydrogen-bond acceptors (Lipinski definition) is 2. The Bertz CT molecular complexity index is 825. The summed E-state index contributed by atoms with van der Waals surface area (Å²) in [7, 11) is 0. The fraction of sp³-hybridized carbons (Fsp3) is 0.657. The molecule has 0 saturated carbocycles. The summed E-state index contributed by atoms with van der Waals surface area (Å²) in [5, 5.41) is 22.2. The molecule has 0 spiro atoms. The second kappa shape index (κ2) is 18.3. The lowest BCUT2D eigenvalue weighted by Crippen LogP contribution is -1.99. The molecule has 2 rings (SSSR count). The maximum absolute atomic E-state index is 11.1. The van der Waals surface area contributed by atoms with Crippen LogP contribution in [0.4, 0.5) is 0 Å². The van der Waals surface area contributed by atoms with Gasteiger partial charge in [-0.1, -0.05) is 139 Å². The van der Waals surface area contributed by atoms with Gasteiger partial charge in [0.25, 0.3) is 0 Å². The number of aryl methyl sites for hydroxylation is 4. The van der Waals surface area contributed by atoms with Gasteiger partial charge in [0.15, 0.2) is 0 Å². The summed E-state index contributed by atoms with van der Waals surface area (Å²) in [4.78, 5) is 0. The lowest BCUT2D eigenvalue weighted by atomic mass is 9.93. The standard InChI is InChI=1S/C35H56O2/c1-5-7-9-11-13-15-17-19-21-30-23-28(3)25-32(34(30)36)27-33-26-29(4)24-31(35(33)37)22-20-18-16-14-12-10-8-6-2/h23-26,36-37H,5-22,27H2,1-4H3. The highest BCUT2D eigenvalue weighted by molar-refractivity contribution is 5.50. The molecule has 0 aromatic heterocycles. The van der Waals surface area contributed by atoms with E-state index < -0.39 is 0 Å². The van der Waals surface area contributed by atoms with Crippen LogP contribution in [0, 0.1) is 13.8 Å². The molecule has 2 aromatic rings. The molecule has 0 aliphatic rings. The largest absolute Gasteiger partial charge is 0.507 e. The van der Waals surface area contributed by atoms with Crippen LogP contribution in [-0.4, -0.2) is 10.2 Å². The van der Waals surface area contributed by atoms with E-state index in [1.54, 1.807) is 0 Å². The Kier molecular flexibility index (Phi) is 15.5. The van der Waals surface area contributed by atoms with Gasteiger partial charge in [0, 0.05) is 6.42 Å². The molecule has 0 heterocycles. The highest BCUT2D eigenvalue weighted by Crippen LogP contribution is 2.33. The van der Waals surface area contributed by atoms with Crippen LogP contribution in [0.25, 0.3) is 0 Å². The van der Waals surface area contributed by atoms with E-state index in [0.717, 1.165) is 47.9 Å². The maximum atomic E-state index is 11.1. The van der Waals surface area contributed by atoms with Crippen LogP contribution in [-0.2, 0) is 19.3 Å². The third-order valence-electron chi connectivity index (χ3n) is 7.80. The van der Waals surface area contributed by atoms with E-state index in [0.29, 0.717) is 17.9 Å². The minimum atomic E-state index is 0.430. The average Bonchev–Trinajstić information content (AvgIpc) is 2.87. The van der Waals surface area contributed by atoms with Crippen LogP contribution in [0.3, 0.4) is 0 Å². The Morgan fingerprint density at radius 2 is 0.730 bits per heavy atom. The minimum absolute atomic E-state index is 0.430. The quantitative estimate of drug-likeness (QED) is 0.175.